The molecule has 10 aromatic rings. The van der Waals surface area contributed by atoms with Crippen LogP contribution in [0.5, 0.6) is 0 Å². The zero-order chi connectivity index (χ0) is 38.1. The molecule has 9 aromatic carbocycles. The molecule has 0 saturated carbocycles. The summed E-state index contributed by atoms with van der Waals surface area (Å²) in [6.45, 7) is 4.69. The lowest BCUT2D eigenvalue weighted by atomic mass is 9.82. The summed E-state index contributed by atoms with van der Waals surface area (Å²) in [6, 6.07) is 72.5. The monoisotopic (exact) mass is 729 g/mol. The summed E-state index contributed by atoms with van der Waals surface area (Å²) in [5.74, 6) is 0. The maximum absolute atomic E-state index is 6.71. The molecule has 0 atom stereocenters. The summed E-state index contributed by atoms with van der Waals surface area (Å²) in [5, 5.41) is 4.59. The molecule has 0 amide bonds. The third kappa shape index (κ3) is 5.40. The van der Waals surface area contributed by atoms with Gasteiger partial charge in [0.15, 0.2) is 0 Å². The van der Waals surface area contributed by atoms with Crippen LogP contribution in [0.1, 0.15) is 25.0 Å². The molecule has 0 bridgehead atoms. The van der Waals surface area contributed by atoms with Gasteiger partial charge in [-0.15, -0.1) is 0 Å². The Balaban J connectivity index is 1.01. The van der Waals surface area contributed by atoms with E-state index >= 15 is 0 Å². The largest absolute Gasteiger partial charge is 0.455 e. The van der Waals surface area contributed by atoms with E-state index in [1.54, 1.807) is 0 Å². The van der Waals surface area contributed by atoms with E-state index in [0.29, 0.717) is 0 Å². The average molecular weight is 730 g/mol. The van der Waals surface area contributed by atoms with Gasteiger partial charge in [0.25, 0.3) is 0 Å². The first-order valence-electron chi connectivity index (χ1n) is 19.8. The number of rotatable bonds is 6. The topological polar surface area (TPSA) is 16.4 Å². The lowest BCUT2D eigenvalue weighted by Gasteiger charge is -2.28. The van der Waals surface area contributed by atoms with E-state index in [2.05, 4.69) is 219 Å². The molecule has 2 nitrogen and oxygen atoms in total. The first-order valence-corrected chi connectivity index (χ1v) is 19.8. The third-order valence-corrected chi connectivity index (χ3v) is 12.1. The Labute approximate surface area is 332 Å². The van der Waals surface area contributed by atoms with Crippen molar-refractivity contribution in [3.63, 3.8) is 0 Å². The maximum Gasteiger partial charge on any atom is 0.143 e. The van der Waals surface area contributed by atoms with E-state index in [-0.39, 0.29) is 5.41 Å². The molecule has 57 heavy (non-hydrogen) atoms. The van der Waals surface area contributed by atoms with Gasteiger partial charge in [-0.05, 0) is 116 Å². The highest BCUT2D eigenvalue weighted by Gasteiger charge is 2.35. The molecule has 0 saturated heterocycles. The van der Waals surface area contributed by atoms with Gasteiger partial charge in [0.05, 0.1) is 0 Å². The fraction of sp³-hybridized carbons (Fsp3) is 0.0545. The molecule has 1 aliphatic carbocycles. The molecular formula is C55H39NO. The van der Waals surface area contributed by atoms with Gasteiger partial charge in [0.1, 0.15) is 11.2 Å². The van der Waals surface area contributed by atoms with E-state index < -0.39 is 0 Å². The second-order valence-electron chi connectivity index (χ2n) is 15.7. The highest BCUT2D eigenvalue weighted by Crippen LogP contribution is 2.51. The van der Waals surface area contributed by atoms with E-state index in [1.165, 1.54) is 49.9 Å². The second-order valence-corrected chi connectivity index (χ2v) is 15.7. The van der Waals surface area contributed by atoms with Crippen LogP contribution in [-0.2, 0) is 5.41 Å². The normalized spacial score (nSPS) is 12.9. The summed E-state index contributed by atoms with van der Waals surface area (Å²) in [4.78, 5) is 2.40. The third-order valence-electron chi connectivity index (χ3n) is 12.1. The van der Waals surface area contributed by atoms with Crippen molar-refractivity contribution < 1.29 is 4.42 Å². The molecule has 0 spiro atoms. The van der Waals surface area contributed by atoms with Gasteiger partial charge in [-0.25, -0.2) is 0 Å². The van der Waals surface area contributed by atoms with Crippen molar-refractivity contribution in [1.82, 2.24) is 0 Å². The molecular weight excluding hydrogens is 691 g/mol. The van der Waals surface area contributed by atoms with Gasteiger partial charge < -0.3 is 9.32 Å². The Kier molecular flexibility index (Phi) is 7.55. The van der Waals surface area contributed by atoms with Crippen molar-refractivity contribution in [2.75, 3.05) is 4.90 Å². The van der Waals surface area contributed by atoms with Crippen LogP contribution in [0.25, 0.3) is 77.2 Å². The second kappa shape index (κ2) is 13.0. The van der Waals surface area contributed by atoms with Crippen molar-refractivity contribution in [3.05, 3.63) is 211 Å². The zero-order valence-corrected chi connectivity index (χ0v) is 31.9. The van der Waals surface area contributed by atoms with Crippen LogP contribution in [0, 0.1) is 0 Å². The smallest absolute Gasteiger partial charge is 0.143 e. The predicted molar refractivity (Wildman–Crippen MR) is 240 cm³/mol. The summed E-state index contributed by atoms with van der Waals surface area (Å²) in [5.41, 5.74) is 17.5. The van der Waals surface area contributed by atoms with Crippen molar-refractivity contribution in [1.29, 1.82) is 0 Å². The standard InChI is InChI=1S/C55H39NO/c1-55(2)51-23-12-11-21-45(51)46-31-29-43(34-52(46)55)56(42-19-13-18-39(32-42)36-14-5-3-6-15-36)41-27-24-37(25-28-41)40-26-30-47-50-35-49(38-16-7-4-8-17-38)44-20-9-10-22-48(44)54(50)57-53(47)33-40/h3-35H,1-2H3. The summed E-state index contributed by atoms with van der Waals surface area (Å²) >= 11 is 0. The van der Waals surface area contributed by atoms with Gasteiger partial charge >= 0.3 is 0 Å². The summed E-state index contributed by atoms with van der Waals surface area (Å²) < 4.78 is 6.71. The zero-order valence-electron chi connectivity index (χ0n) is 31.9. The van der Waals surface area contributed by atoms with E-state index in [0.717, 1.165) is 55.5 Å². The van der Waals surface area contributed by atoms with Crippen molar-refractivity contribution in [2.24, 2.45) is 0 Å². The molecule has 1 heterocycles. The molecule has 2 heteroatoms. The number of anilines is 3. The van der Waals surface area contributed by atoms with Gasteiger partial charge in [-0.1, -0.05) is 159 Å². The minimum Gasteiger partial charge on any atom is -0.455 e. The van der Waals surface area contributed by atoms with Crippen LogP contribution < -0.4 is 4.90 Å². The number of benzene rings is 9. The minimum atomic E-state index is -0.103. The Morgan fingerprint density at radius 1 is 0.351 bits per heavy atom. The van der Waals surface area contributed by atoms with Crippen LogP contribution in [0.2, 0.25) is 0 Å². The number of nitrogens with zero attached hydrogens (tertiary/aromatic N) is 1. The highest BCUT2D eigenvalue weighted by molar-refractivity contribution is 6.19. The minimum absolute atomic E-state index is 0.103. The van der Waals surface area contributed by atoms with Crippen LogP contribution in [-0.4, -0.2) is 0 Å². The maximum atomic E-state index is 6.71. The molecule has 0 aliphatic heterocycles. The number of hydrogen-bond donors (Lipinski definition) is 0. The lowest BCUT2D eigenvalue weighted by molar-refractivity contribution is 0.660. The van der Waals surface area contributed by atoms with E-state index in [1.807, 2.05) is 0 Å². The molecule has 11 rings (SSSR count). The van der Waals surface area contributed by atoms with Gasteiger partial charge in [-0.3, -0.25) is 0 Å². The Hall–Kier alpha value is -7.16. The molecule has 1 aliphatic rings. The average Bonchev–Trinajstić information content (AvgIpc) is 3.75. The Bertz CT molecular complexity index is 3140. The molecule has 0 unspecified atom stereocenters. The van der Waals surface area contributed by atoms with Crippen LogP contribution in [0.15, 0.2) is 205 Å². The van der Waals surface area contributed by atoms with Gasteiger partial charge in [0.2, 0.25) is 0 Å². The summed E-state index contributed by atoms with van der Waals surface area (Å²) in [6.07, 6.45) is 0. The van der Waals surface area contributed by atoms with Crippen LogP contribution in [0.4, 0.5) is 17.1 Å². The summed E-state index contributed by atoms with van der Waals surface area (Å²) in [7, 11) is 0. The van der Waals surface area contributed by atoms with Gasteiger partial charge in [0, 0.05) is 38.6 Å². The van der Waals surface area contributed by atoms with Crippen molar-refractivity contribution in [3.8, 4) is 44.5 Å². The van der Waals surface area contributed by atoms with E-state index in [4.69, 9.17) is 4.42 Å². The first kappa shape index (κ1) is 33.2. The fourth-order valence-corrected chi connectivity index (χ4v) is 9.17. The molecule has 0 radical (unpaired) electrons. The number of furan rings is 1. The quantitative estimate of drug-likeness (QED) is 0.169. The van der Waals surface area contributed by atoms with Gasteiger partial charge in [-0.2, -0.15) is 0 Å². The molecule has 270 valence electrons. The lowest BCUT2D eigenvalue weighted by Crippen LogP contribution is -2.16. The molecule has 0 N–H and O–H groups in total. The first-order chi connectivity index (χ1) is 28.0. The molecule has 1 aromatic heterocycles. The molecule has 0 fully saturated rings. The van der Waals surface area contributed by atoms with Crippen LogP contribution in [0.3, 0.4) is 0 Å². The number of fused-ring (bicyclic) bond motifs is 8. The number of hydrogen-bond acceptors (Lipinski definition) is 2. The van der Waals surface area contributed by atoms with Crippen molar-refractivity contribution in [2.45, 2.75) is 19.3 Å². The SMILES string of the molecule is CC1(C)c2ccccc2-c2ccc(N(c3ccc(-c4ccc5c(c4)oc4c6ccccc6c(-c6ccccc6)cc54)cc3)c3cccc(-c4ccccc4)c3)cc21. The Morgan fingerprint density at radius 3 is 1.75 bits per heavy atom. The fourth-order valence-electron chi connectivity index (χ4n) is 9.17. The van der Waals surface area contributed by atoms with E-state index in [9.17, 15) is 0 Å². The Morgan fingerprint density at radius 2 is 0.947 bits per heavy atom. The predicted octanol–water partition coefficient (Wildman–Crippen LogP) is 15.5. The highest BCUT2D eigenvalue weighted by atomic mass is 16.3. The van der Waals surface area contributed by atoms with Crippen LogP contribution >= 0.6 is 0 Å². The van der Waals surface area contributed by atoms with Crippen molar-refractivity contribution >= 4 is 49.8 Å².